The minimum absolute atomic E-state index is 0.115. The molecule has 0 unspecified atom stereocenters. The molecule has 1 aromatic rings. The van der Waals surface area contributed by atoms with Crippen molar-refractivity contribution < 1.29 is 4.92 Å². The van der Waals surface area contributed by atoms with Gasteiger partial charge in [-0.3, -0.25) is 10.1 Å². The lowest BCUT2D eigenvalue weighted by Crippen LogP contribution is -2.14. The first-order valence-corrected chi connectivity index (χ1v) is 6.16. The fourth-order valence-electron chi connectivity index (χ4n) is 2.02. The molecule has 0 atom stereocenters. The predicted octanol–water partition coefficient (Wildman–Crippen LogP) is 3.71. The maximum atomic E-state index is 10.6. The monoisotopic (exact) mass is 284 g/mol. The molecule has 4 nitrogen and oxygen atoms in total. The van der Waals surface area contributed by atoms with Crippen LogP contribution in [-0.4, -0.2) is 11.0 Å². The topological polar surface area (TPSA) is 55.2 Å². The van der Waals surface area contributed by atoms with Crippen molar-refractivity contribution >= 4 is 27.3 Å². The second kappa shape index (κ2) is 4.82. The van der Waals surface area contributed by atoms with E-state index < -0.39 is 0 Å². The Balaban J connectivity index is 2.12. The number of nitro groups is 1. The smallest absolute Gasteiger partial charge is 0.270 e. The van der Waals surface area contributed by atoms with Crippen LogP contribution in [0, 0.1) is 10.1 Å². The van der Waals surface area contributed by atoms with Crippen molar-refractivity contribution in [1.29, 1.82) is 0 Å². The van der Waals surface area contributed by atoms with Crippen LogP contribution in [0.5, 0.6) is 0 Å². The number of nitrogens with zero attached hydrogens (tertiary/aromatic N) is 1. The van der Waals surface area contributed by atoms with Gasteiger partial charge >= 0.3 is 0 Å². The number of hydrogen-bond acceptors (Lipinski definition) is 3. The summed E-state index contributed by atoms with van der Waals surface area (Å²) < 4.78 is 0.758. The molecule has 1 N–H and O–H groups in total. The third kappa shape index (κ3) is 2.52. The largest absolute Gasteiger partial charge is 0.381 e. The summed E-state index contributed by atoms with van der Waals surface area (Å²) >= 11 is 3.36. The highest BCUT2D eigenvalue weighted by atomic mass is 79.9. The first kappa shape index (κ1) is 11.4. The van der Waals surface area contributed by atoms with Gasteiger partial charge in [0.05, 0.1) is 4.92 Å². The van der Waals surface area contributed by atoms with Crippen LogP contribution in [0.15, 0.2) is 22.7 Å². The predicted molar refractivity (Wildman–Crippen MR) is 66.7 cm³/mol. The SMILES string of the molecule is O=[N+]([O-])c1ccc(NC2CCCC2)c(Br)c1. The highest BCUT2D eigenvalue weighted by Crippen LogP contribution is 2.30. The van der Waals surface area contributed by atoms with Gasteiger partial charge in [0.15, 0.2) is 0 Å². The van der Waals surface area contributed by atoms with Crippen molar-refractivity contribution in [3.05, 3.63) is 32.8 Å². The Kier molecular flexibility index (Phi) is 3.43. The van der Waals surface area contributed by atoms with Crippen molar-refractivity contribution in [3.8, 4) is 0 Å². The molecule has 16 heavy (non-hydrogen) atoms. The van der Waals surface area contributed by atoms with Gasteiger partial charge in [0.2, 0.25) is 0 Å². The van der Waals surface area contributed by atoms with E-state index in [0.717, 1.165) is 10.2 Å². The van der Waals surface area contributed by atoms with Crippen LogP contribution in [0.1, 0.15) is 25.7 Å². The second-order valence-electron chi connectivity index (χ2n) is 4.05. The molecule has 0 spiro atoms. The summed E-state index contributed by atoms with van der Waals surface area (Å²) in [5.41, 5.74) is 1.06. The van der Waals surface area contributed by atoms with Gasteiger partial charge in [-0.25, -0.2) is 0 Å². The maximum absolute atomic E-state index is 10.6. The number of halogens is 1. The summed E-state index contributed by atoms with van der Waals surface area (Å²) in [6, 6.07) is 5.35. The average Bonchev–Trinajstić information content (AvgIpc) is 2.73. The van der Waals surface area contributed by atoms with Crippen LogP contribution in [0.4, 0.5) is 11.4 Å². The molecule has 1 aliphatic rings. The zero-order valence-corrected chi connectivity index (χ0v) is 10.4. The standard InChI is InChI=1S/C11H13BrN2O2/c12-10-7-9(14(15)16)5-6-11(10)13-8-3-1-2-4-8/h5-8,13H,1-4H2. The molecule has 1 aromatic carbocycles. The van der Waals surface area contributed by atoms with Gasteiger partial charge in [-0.1, -0.05) is 12.8 Å². The second-order valence-corrected chi connectivity index (χ2v) is 4.90. The van der Waals surface area contributed by atoms with Crippen LogP contribution in [0.3, 0.4) is 0 Å². The molecule has 0 amide bonds. The van der Waals surface area contributed by atoms with Crippen LogP contribution in [-0.2, 0) is 0 Å². The number of benzene rings is 1. The summed E-state index contributed by atoms with van der Waals surface area (Å²) in [4.78, 5) is 10.2. The number of hydrogen-bond donors (Lipinski definition) is 1. The summed E-state index contributed by atoms with van der Waals surface area (Å²) in [5.74, 6) is 0. The molecular weight excluding hydrogens is 272 g/mol. The van der Waals surface area contributed by atoms with Crippen LogP contribution >= 0.6 is 15.9 Å². The molecule has 1 aliphatic carbocycles. The van der Waals surface area contributed by atoms with Crippen molar-refractivity contribution in [2.75, 3.05) is 5.32 Å². The molecule has 1 fully saturated rings. The first-order valence-electron chi connectivity index (χ1n) is 5.37. The Morgan fingerprint density at radius 3 is 2.62 bits per heavy atom. The lowest BCUT2D eigenvalue weighted by Gasteiger charge is -2.14. The van der Waals surface area contributed by atoms with Crippen LogP contribution in [0.2, 0.25) is 0 Å². The van der Waals surface area contributed by atoms with Gasteiger partial charge in [-0.2, -0.15) is 0 Å². The highest BCUT2D eigenvalue weighted by molar-refractivity contribution is 9.10. The minimum Gasteiger partial charge on any atom is -0.381 e. The van der Waals surface area contributed by atoms with Gasteiger partial charge in [-0.15, -0.1) is 0 Å². The molecule has 5 heteroatoms. The van der Waals surface area contributed by atoms with E-state index in [9.17, 15) is 10.1 Å². The number of anilines is 1. The Morgan fingerprint density at radius 1 is 1.38 bits per heavy atom. The Morgan fingerprint density at radius 2 is 2.06 bits per heavy atom. The number of nitrogens with one attached hydrogen (secondary N) is 1. The molecule has 1 saturated carbocycles. The Hall–Kier alpha value is -1.10. The summed E-state index contributed by atoms with van der Waals surface area (Å²) in [5, 5.41) is 14.0. The van der Waals surface area contributed by atoms with E-state index in [1.165, 1.54) is 37.8 Å². The van der Waals surface area contributed by atoms with Crippen molar-refractivity contribution in [3.63, 3.8) is 0 Å². The van der Waals surface area contributed by atoms with Gasteiger partial charge in [-0.05, 0) is 34.8 Å². The van der Waals surface area contributed by atoms with E-state index in [4.69, 9.17) is 0 Å². The van der Waals surface area contributed by atoms with Crippen LogP contribution < -0.4 is 5.32 Å². The van der Waals surface area contributed by atoms with Crippen molar-refractivity contribution in [2.24, 2.45) is 0 Å². The van der Waals surface area contributed by atoms with Crippen LogP contribution in [0.25, 0.3) is 0 Å². The Bertz CT molecular complexity index is 403. The molecular formula is C11H13BrN2O2. The summed E-state index contributed by atoms with van der Waals surface area (Å²) in [6.07, 6.45) is 4.90. The molecule has 86 valence electrons. The fourth-order valence-corrected chi connectivity index (χ4v) is 2.51. The zero-order chi connectivity index (χ0) is 11.5. The van der Waals surface area contributed by atoms with E-state index in [2.05, 4.69) is 21.2 Å². The summed E-state index contributed by atoms with van der Waals surface area (Å²) in [6.45, 7) is 0. The zero-order valence-electron chi connectivity index (χ0n) is 8.78. The first-order chi connectivity index (χ1) is 7.66. The van der Waals surface area contributed by atoms with Gasteiger partial charge < -0.3 is 5.32 Å². The third-order valence-corrected chi connectivity index (χ3v) is 3.53. The third-order valence-electron chi connectivity index (χ3n) is 2.88. The summed E-state index contributed by atoms with van der Waals surface area (Å²) in [7, 11) is 0. The van der Waals surface area contributed by atoms with Crippen molar-refractivity contribution in [1.82, 2.24) is 0 Å². The van der Waals surface area contributed by atoms with Gasteiger partial charge in [0.25, 0.3) is 5.69 Å². The molecule has 0 radical (unpaired) electrons. The minimum atomic E-state index is -0.385. The maximum Gasteiger partial charge on any atom is 0.270 e. The number of non-ortho nitro benzene ring substituents is 1. The van der Waals surface area contributed by atoms with E-state index in [-0.39, 0.29) is 10.6 Å². The van der Waals surface area contributed by atoms with E-state index in [1.54, 1.807) is 6.07 Å². The lowest BCUT2D eigenvalue weighted by atomic mass is 10.2. The molecule has 0 aliphatic heterocycles. The average molecular weight is 285 g/mol. The van der Waals surface area contributed by atoms with E-state index in [1.807, 2.05) is 0 Å². The highest BCUT2D eigenvalue weighted by Gasteiger charge is 2.16. The molecule has 0 bridgehead atoms. The molecule has 0 aromatic heterocycles. The van der Waals surface area contributed by atoms with E-state index >= 15 is 0 Å². The quantitative estimate of drug-likeness (QED) is 0.680. The Labute approximate surface area is 102 Å². The molecule has 2 rings (SSSR count). The number of rotatable bonds is 3. The fraction of sp³-hybridized carbons (Fsp3) is 0.455. The van der Waals surface area contributed by atoms with Gasteiger partial charge in [0, 0.05) is 28.3 Å². The normalized spacial score (nSPS) is 16.3. The van der Waals surface area contributed by atoms with E-state index in [0.29, 0.717) is 6.04 Å². The molecule has 0 saturated heterocycles. The van der Waals surface area contributed by atoms with Gasteiger partial charge in [0.1, 0.15) is 0 Å². The lowest BCUT2D eigenvalue weighted by molar-refractivity contribution is -0.384. The van der Waals surface area contributed by atoms with Crippen molar-refractivity contribution in [2.45, 2.75) is 31.7 Å². The number of nitro benzene ring substituents is 1. The molecule has 0 heterocycles.